The van der Waals surface area contributed by atoms with E-state index in [1.54, 1.807) is 4.90 Å². The van der Waals surface area contributed by atoms with E-state index >= 15 is 0 Å². The number of carbonyl (C=O) groups is 1. The lowest BCUT2D eigenvalue weighted by Crippen LogP contribution is -2.49. The van der Waals surface area contributed by atoms with Crippen LogP contribution in [0.2, 0.25) is 0 Å². The molecule has 2 saturated heterocycles. The molecule has 190 valence electrons. The fourth-order valence-corrected chi connectivity index (χ4v) is 5.13. The van der Waals surface area contributed by atoms with Gasteiger partial charge >= 0.3 is 6.18 Å². The van der Waals surface area contributed by atoms with Crippen molar-refractivity contribution < 1.29 is 27.8 Å². The Balaban J connectivity index is 1.42. The highest BCUT2D eigenvalue weighted by molar-refractivity contribution is 5.94. The number of hydrogen-bond acceptors (Lipinski definition) is 6. The summed E-state index contributed by atoms with van der Waals surface area (Å²) in [5, 5.41) is 9.67. The predicted octanol–water partition coefficient (Wildman–Crippen LogP) is 3.08. The minimum Gasteiger partial charge on any atom is -0.491 e. The lowest BCUT2D eigenvalue weighted by molar-refractivity contribution is -0.141. The molecular weight excluding hydrogens is 461 g/mol. The molecule has 4 rings (SSSR count). The third kappa shape index (κ3) is 5.00. The smallest absolute Gasteiger partial charge is 0.433 e. The molecular formula is C25H31F3N4O3. The molecule has 0 saturated carbocycles. The number of ether oxygens (including phenoxy) is 1. The van der Waals surface area contributed by atoms with Gasteiger partial charge in [0, 0.05) is 44.0 Å². The maximum atomic E-state index is 13.0. The minimum absolute atomic E-state index is 0.0130. The van der Waals surface area contributed by atoms with E-state index in [-0.39, 0.29) is 42.7 Å². The topological polar surface area (TPSA) is 91.9 Å². The standard InChI is InChI=1S/C25H31F3N4O3/c1-14-15(2)22(35-13-20(33)9-29)6-5-21(14)16(3)31-11-19-8-18(31)12-32(19)24(34)17-4-7-23(30-10-17)25(26,27)28/h4-7,10,16,18-20,33H,8-9,11-13,29H2,1-3H3/t16-,18+,19+,20+/m0/s1. The molecule has 2 fully saturated rings. The number of aliphatic hydroxyl groups excluding tert-OH is 1. The van der Waals surface area contributed by atoms with Crippen molar-refractivity contribution >= 4 is 5.91 Å². The van der Waals surface area contributed by atoms with Gasteiger partial charge in [-0.15, -0.1) is 0 Å². The molecule has 2 bridgehead atoms. The Morgan fingerprint density at radius 2 is 1.94 bits per heavy atom. The molecule has 1 aromatic heterocycles. The molecule has 2 aliphatic rings. The largest absolute Gasteiger partial charge is 0.491 e. The van der Waals surface area contributed by atoms with Gasteiger partial charge in [0.05, 0.1) is 5.56 Å². The number of hydrogen-bond donors (Lipinski definition) is 2. The molecule has 0 spiro atoms. The Hall–Kier alpha value is -2.69. The summed E-state index contributed by atoms with van der Waals surface area (Å²) in [7, 11) is 0. The van der Waals surface area contributed by atoms with E-state index in [4.69, 9.17) is 10.5 Å². The summed E-state index contributed by atoms with van der Waals surface area (Å²) in [6, 6.07) is 6.32. The number of halogens is 3. The SMILES string of the molecule is Cc1c(OC[C@H](O)CN)ccc([C@H](C)N2C[C@H]3C[C@@H]2CN3C(=O)c2ccc(C(F)(F)F)nc2)c1C. The highest BCUT2D eigenvalue weighted by atomic mass is 19.4. The number of likely N-dealkylation sites (tertiary alicyclic amines) is 2. The van der Waals surface area contributed by atoms with E-state index in [0.717, 1.165) is 35.6 Å². The van der Waals surface area contributed by atoms with Crippen molar-refractivity contribution in [2.45, 2.75) is 57.6 Å². The molecule has 3 N–H and O–H groups in total. The van der Waals surface area contributed by atoms with Crippen molar-refractivity contribution in [2.75, 3.05) is 26.2 Å². The van der Waals surface area contributed by atoms with E-state index < -0.39 is 18.0 Å². The van der Waals surface area contributed by atoms with Gasteiger partial charge in [-0.2, -0.15) is 13.2 Å². The zero-order valence-corrected chi connectivity index (χ0v) is 20.0. The summed E-state index contributed by atoms with van der Waals surface area (Å²) < 4.78 is 44.1. The Kier molecular flexibility index (Phi) is 7.08. The normalized spacial score (nSPS) is 21.9. The Morgan fingerprint density at radius 1 is 1.20 bits per heavy atom. The number of amides is 1. The van der Waals surface area contributed by atoms with Gasteiger partial charge in [0.15, 0.2) is 0 Å². The van der Waals surface area contributed by atoms with Crippen molar-refractivity contribution in [2.24, 2.45) is 5.73 Å². The minimum atomic E-state index is -4.53. The maximum absolute atomic E-state index is 13.0. The molecule has 0 radical (unpaired) electrons. The van der Waals surface area contributed by atoms with E-state index in [0.29, 0.717) is 13.1 Å². The van der Waals surface area contributed by atoms with Gasteiger partial charge in [0.25, 0.3) is 5.91 Å². The van der Waals surface area contributed by atoms with Gasteiger partial charge in [0.2, 0.25) is 0 Å². The van der Waals surface area contributed by atoms with E-state index in [2.05, 4.69) is 23.7 Å². The molecule has 4 atom stereocenters. The van der Waals surface area contributed by atoms with Crippen LogP contribution in [0.25, 0.3) is 0 Å². The van der Waals surface area contributed by atoms with Gasteiger partial charge in [-0.1, -0.05) is 6.07 Å². The molecule has 0 aliphatic carbocycles. The van der Waals surface area contributed by atoms with E-state index in [1.807, 2.05) is 19.1 Å². The zero-order valence-electron chi connectivity index (χ0n) is 20.0. The second kappa shape index (κ2) is 9.75. The lowest BCUT2D eigenvalue weighted by Gasteiger charge is -2.38. The Morgan fingerprint density at radius 3 is 2.51 bits per heavy atom. The summed E-state index contributed by atoms with van der Waals surface area (Å²) in [6.07, 6.45) is -3.39. The van der Waals surface area contributed by atoms with E-state index in [9.17, 15) is 23.1 Å². The van der Waals surface area contributed by atoms with Crippen LogP contribution in [0, 0.1) is 13.8 Å². The zero-order chi connectivity index (χ0) is 25.5. The predicted molar refractivity (Wildman–Crippen MR) is 124 cm³/mol. The van der Waals surface area contributed by atoms with Gasteiger partial charge in [-0.25, -0.2) is 0 Å². The molecule has 2 aromatic rings. The highest BCUT2D eigenvalue weighted by Gasteiger charge is 2.47. The molecule has 10 heteroatoms. The summed E-state index contributed by atoms with van der Waals surface area (Å²) in [6.45, 7) is 7.70. The molecule has 1 amide bonds. The third-order valence-electron chi connectivity index (χ3n) is 7.27. The molecule has 35 heavy (non-hydrogen) atoms. The van der Waals surface area contributed by atoms with Crippen molar-refractivity contribution in [3.05, 3.63) is 58.4 Å². The number of nitrogens with two attached hydrogens (primary N) is 1. The van der Waals surface area contributed by atoms with Crippen molar-refractivity contribution in [3.8, 4) is 5.75 Å². The second-order valence-corrected chi connectivity index (χ2v) is 9.41. The Labute approximate surface area is 202 Å². The lowest BCUT2D eigenvalue weighted by atomic mass is 9.96. The first-order valence-electron chi connectivity index (χ1n) is 11.7. The van der Waals surface area contributed by atoms with Crippen LogP contribution in [0.15, 0.2) is 30.5 Å². The van der Waals surface area contributed by atoms with Crippen LogP contribution in [-0.2, 0) is 6.18 Å². The van der Waals surface area contributed by atoms with Gasteiger partial charge in [-0.05, 0) is 62.1 Å². The number of benzene rings is 1. The highest BCUT2D eigenvalue weighted by Crippen LogP contribution is 2.39. The summed E-state index contributed by atoms with van der Waals surface area (Å²) in [5.74, 6) is 0.440. The number of carbonyl (C=O) groups excluding carboxylic acids is 1. The van der Waals surface area contributed by atoms with Crippen LogP contribution in [0.5, 0.6) is 5.75 Å². The number of alkyl halides is 3. The van der Waals surface area contributed by atoms with Crippen LogP contribution in [-0.4, -0.2) is 70.2 Å². The van der Waals surface area contributed by atoms with E-state index in [1.165, 1.54) is 11.6 Å². The van der Waals surface area contributed by atoms with Crippen molar-refractivity contribution in [3.63, 3.8) is 0 Å². The van der Waals surface area contributed by atoms with Crippen LogP contribution in [0.1, 0.15) is 52.1 Å². The number of aliphatic hydroxyl groups is 1. The summed E-state index contributed by atoms with van der Waals surface area (Å²) >= 11 is 0. The van der Waals surface area contributed by atoms with Crippen LogP contribution in [0.3, 0.4) is 0 Å². The monoisotopic (exact) mass is 492 g/mol. The van der Waals surface area contributed by atoms with Gasteiger partial charge < -0.3 is 20.5 Å². The number of piperazine rings is 1. The number of nitrogens with zero attached hydrogens (tertiary/aromatic N) is 3. The molecule has 0 unspecified atom stereocenters. The third-order valence-corrected chi connectivity index (χ3v) is 7.27. The summed E-state index contributed by atoms with van der Waals surface area (Å²) in [4.78, 5) is 20.5. The van der Waals surface area contributed by atoms with Gasteiger partial charge in [-0.3, -0.25) is 14.7 Å². The van der Waals surface area contributed by atoms with Gasteiger partial charge in [0.1, 0.15) is 24.2 Å². The average molecular weight is 493 g/mol. The number of rotatable bonds is 7. The van der Waals surface area contributed by atoms with Crippen molar-refractivity contribution in [1.82, 2.24) is 14.8 Å². The molecule has 1 aromatic carbocycles. The quantitative estimate of drug-likeness (QED) is 0.617. The number of fused-ring (bicyclic) bond motifs is 2. The molecule has 2 aliphatic heterocycles. The molecule has 3 heterocycles. The first kappa shape index (κ1) is 25.4. The van der Waals surface area contributed by atoms with Crippen LogP contribution < -0.4 is 10.5 Å². The van der Waals surface area contributed by atoms with Crippen LogP contribution >= 0.6 is 0 Å². The first-order chi connectivity index (χ1) is 16.5. The van der Waals surface area contributed by atoms with Crippen LogP contribution in [0.4, 0.5) is 13.2 Å². The first-order valence-corrected chi connectivity index (χ1v) is 11.7. The fourth-order valence-electron chi connectivity index (χ4n) is 5.13. The fraction of sp³-hybridized carbons (Fsp3) is 0.520. The maximum Gasteiger partial charge on any atom is 0.433 e. The number of pyridine rings is 1. The van der Waals surface area contributed by atoms with Crippen molar-refractivity contribution in [1.29, 1.82) is 0 Å². The molecule has 7 nitrogen and oxygen atoms in total. The number of aromatic nitrogens is 1. The summed E-state index contributed by atoms with van der Waals surface area (Å²) in [5.41, 5.74) is 7.91. The Bertz CT molecular complexity index is 1080. The average Bonchev–Trinajstić information content (AvgIpc) is 3.45. The second-order valence-electron chi connectivity index (χ2n) is 9.41.